The molecular formula is C25H35N5O5. The zero-order valence-electron chi connectivity index (χ0n) is 20.8. The molecule has 35 heavy (non-hydrogen) atoms. The van der Waals surface area contributed by atoms with Crippen LogP contribution in [0.4, 0.5) is 4.79 Å². The van der Waals surface area contributed by atoms with Gasteiger partial charge in [-0.2, -0.15) is 0 Å². The highest BCUT2D eigenvalue weighted by Crippen LogP contribution is 2.44. The van der Waals surface area contributed by atoms with Crippen molar-refractivity contribution < 1.29 is 24.2 Å². The van der Waals surface area contributed by atoms with Crippen molar-refractivity contribution in [3.05, 3.63) is 23.5 Å². The third kappa shape index (κ3) is 6.10. The number of hydrogen-bond acceptors (Lipinski definition) is 7. The summed E-state index contributed by atoms with van der Waals surface area (Å²) in [5.41, 5.74) is 2.79. The van der Waals surface area contributed by atoms with Crippen molar-refractivity contribution >= 4 is 12.1 Å². The van der Waals surface area contributed by atoms with Crippen molar-refractivity contribution in [3.8, 4) is 17.1 Å². The lowest BCUT2D eigenvalue weighted by Gasteiger charge is -2.28. The number of ether oxygens (including phenoxy) is 2. The average Bonchev–Trinajstić information content (AvgIpc) is 3.64. The summed E-state index contributed by atoms with van der Waals surface area (Å²) in [5.74, 6) is -0.0476. The molecule has 4 rings (SSSR count). The lowest BCUT2D eigenvalue weighted by Crippen LogP contribution is -2.29. The van der Waals surface area contributed by atoms with Gasteiger partial charge in [-0.05, 0) is 57.1 Å². The molecule has 0 unspecified atom stereocenters. The SMILES string of the molecule is CCCCN(C)C(=O)OCc1c(-c2ccc(O[C@H]3CCC[C@H](C(=O)O)C3)c(C3CC3)n2)nnn1C. The Labute approximate surface area is 205 Å². The molecule has 0 bridgehead atoms. The van der Waals surface area contributed by atoms with Crippen LogP contribution in [0.3, 0.4) is 0 Å². The van der Waals surface area contributed by atoms with Crippen LogP contribution in [0.15, 0.2) is 12.1 Å². The maximum Gasteiger partial charge on any atom is 0.409 e. The summed E-state index contributed by atoms with van der Waals surface area (Å²) in [6.45, 7) is 2.77. The zero-order chi connectivity index (χ0) is 24.9. The van der Waals surface area contributed by atoms with E-state index in [0.29, 0.717) is 42.4 Å². The van der Waals surface area contributed by atoms with Crippen LogP contribution in [0.2, 0.25) is 0 Å². The van der Waals surface area contributed by atoms with Crippen molar-refractivity contribution in [1.29, 1.82) is 0 Å². The van der Waals surface area contributed by atoms with E-state index < -0.39 is 5.97 Å². The van der Waals surface area contributed by atoms with E-state index in [1.807, 2.05) is 12.1 Å². The molecule has 0 spiro atoms. The van der Waals surface area contributed by atoms with Gasteiger partial charge >= 0.3 is 12.1 Å². The molecule has 2 aliphatic rings. The number of aryl methyl sites for hydroxylation is 1. The van der Waals surface area contributed by atoms with Crippen LogP contribution in [0.1, 0.15) is 75.6 Å². The quantitative estimate of drug-likeness (QED) is 0.533. The van der Waals surface area contributed by atoms with Crippen LogP contribution < -0.4 is 4.74 Å². The monoisotopic (exact) mass is 485 g/mol. The van der Waals surface area contributed by atoms with Gasteiger partial charge in [0, 0.05) is 26.6 Å². The van der Waals surface area contributed by atoms with Crippen LogP contribution >= 0.6 is 0 Å². The molecule has 1 N–H and O–H groups in total. The summed E-state index contributed by atoms with van der Waals surface area (Å²) in [4.78, 5) is 30.2. The molecule has 0 aromatic carbocycles. The van der Waals surface area contributed by atoms with E-state index in [2.05, 4.69) is 17.2 Å². The van der Waals surface area contributed by atoms with E-state index in [1.165, 1.54) is 0 Å². The van der Waals surface area contributed by atoms with Crippen molar-refractivity contribution in [2.45, 2.75) is 76.9 Å². The Hall–Kier alpha value is -3.17. The fourth-order valence-electron chi connectivity index (χ4n) is 4.46. The second kappa shape index (κ2) is 11.0. The van der Waals surface area contributed by atoms with E-state index >= 15 is 0 Å². The van der Waals surface area contributed by atoms with Gasteiger partial charge in [-0.15, -0.1) is 5.10 Å². The number of hydrogen-bond donors (Lipinski definition) is 1. The molecule has 190 valence electrons. The first-order valence-electron chi connectivity index (χ1n) is 12.5. The normalized spacial score (nSPS) is 19.9. The smallest absolute Gasteiger partial charge is 0.409 e. The van der Waals surface area contributed by atoms with Crippen molar-refractivity contribution in [3.63, 3.8) is 0 Å². The molecular weight excluding hydrogens is 450 g/mol. The summed E-state index contributed by atoms with van der Waals surface area (Å²) in [7, 11) is 3.50. The van der Waals surface area contributed by atoms with Crippen molar-refractivity contribution in [2.75, 3.05) is 13.6 Å². The topological polar surface area (TPSA) is 120 Å². The van der Waals surface area contributed by atoms with E-state index in [9.17, 15) is 14.7 Å². The summed E-state index contributed by atoms with van der Waals surface area (Å²) in [6.07, 6.45) is 6.44. The molecule has 2 aliphatic carbocycles. The minimum atomic E-state index is -0.748. The third-order valence-corrected chi connectivity index (χ3v) is 6.80. The lowest BCUT2D eigenvalue weighted by molar-refractivity contribution is -0.143. The highest BCUT2D eigenvalue weighted by molar-refractivity contribution is 5.70. The van der Waals surface area contributed by atoms with Crippen molar-refractivity contribution in [2.24, 2.45) is 13.0 Å². The predicted octanol–water partition coefficient (Wildman–Crippen LogP) is 4.15. The Kier molecular flexibility index (Phi) is 7.87. The molecule has 0 radical (unpaired) electrons. The van der Waals surface area contributed by atoms with E-state index in [4.69, 9.17) is 14.5 Å². The highest BCUT2D eigenvalue weighted by Gasteiger charge is 2.33. The fourth-order valence-corrected chi connectivity index (χ4v) is 4.46. The molecule has 2 atom stereocenters. The Morgan fingerprint density at radius 2 is 2.03 bits per heavy atom. The van der Waals surface area contributed by atoms with Gasteiger partial charge in [0.05, 0.1) is 23.4 Å². The number of carbonyl (C=O) groups is 2. The summed E-state index contributed by atoms with van der Waals surface area (Å²) < 4.78 is 13.4. The minimum absolute atomic E-state index is 0.0471. The number of amides is 1. The second-order valence-electron chi connectivity index (χ2n) is 9.63. The number of pyridine rings is 1. The third-order valence-electron chi connectivity index (χ3n) is 6.80. The number of aliphatic carboxylic acids is 1. The summed E-state index contributed by atoms with van der Waals surface area (Å²) in [5, 5.41) is 17.8. The standard InChI is InChI=1S/C25H35N5O5/c1-4-5-13-29(2)25(33)34-15-20-23(27-28-30(20)3)19-11-12-21(22(26-19)16-9-10-16)35-18-8-6-7-17(14-18)24(31)32/h11-12,16-18H,4-10,13-15H2,1-3H3,(H,31,32)/t17-,18-/m0/s1. The zero-order valence-corrected chi connectivity index (χ0v) is 20.8. The van der Waals surface area contributed by atoms with Gasteiger partial charge in [-0.3, -0.25) is 4.79 Å². The van der Waals surface area contributed by atoms with Gasteiger partial charge in [0.25, 0.3) is 0 Å². The second-order valence-corrected chi connectivity index (χ2v) is 9.63. The molecule has 10 nitrogen and oxygen atoms in total. The lowest BCUT2D eigenvalue weighted by atomic mass is 9.87. The molecule has 1 amide bonds. The minimum Gasteiger partial charge on any atom is -0.488 e. The predicted molar refractivity (Wildman–Crippen MR) is 128 cm³/mol. The first-order valence-corrected chi connectivity index (χ1v) is 12.5. The van der Waals surface area contributed by atoms with Crippen molar-refractivity contribution in [1.82, 2.24) is 24.9 Å². The summed E-state index contributed by atoms with van der Waals surface area (Å²) in [6, 6.07) is 3.75. The van der Waals surface area contributed by atoms with Gasteiger partial charge in [0.15, 0.2) is 0 Å². The van der Waals surface area contributed by atoms with E-state index in [0.717, 1.165) is 50.0 Å². The molecule has 2 saturated carbocycles. The highest BCUT2D eigenvalue weighted by atomic mass is 16.6. The number of carboxylic acid groups (broad SMARTS) is 1. The molecule has 2 aromatic rings. The van der Waals surface area contributed by atoms with Gasteiger partial charge in [0.1, 0.15) is 23.7 Å². The number of unbranched alkanes of at least 4 members (excludes halogenated alkanes) is 1. The first kappa shape index (κ1) is 24.9. The Balaban J connectivity index is 1.50. The molecule has 10 heteroatoms. The van der Waals surface area contributed by atoms with Gasteiger partial charge < -0.3 is 19.5 Å². The Morgan fingerprint density at radius 3 is 2.74 bits per heavy atom. The maximum absolute atomic E-state index is 12.3. The first-order chi connectivity index (χ1) is 16.9. The number of carboxylic acids is 1. The number of aromatic nitrogens is 4. The van der Waals surface area contributed by atoms with Crippen LogP contribution in [0, 0.1) is 5.92 Å². The van der Waals surface area contributed by atoms with E-state index in [-0.39, 0.29) is 24.7 Å². The Morgan fingerprint density at radius 1 is 1.23 bits per heavy atom. The molecule has 2 fully saturated rings. The van der Waals surface area contributed by atoms with Gasteiger partial charge in [0.2, 0.25) is 0 Å². The number of nitrogens with zero attached hydrogens (tertiary/aromatic N) is 5. The number of carbonyl (C=O) groups excluding carboxylic acids is 1. The number of rotatable bonds is 10. The maximum atomic E-state index is 12.3. The fraction of sp³-hybridized carbons (Fsp3) is 0.640. The van der Waals surface area contributed by atoms with Crippen LogP contribution in [0.5, 0.6) is 5.75 Å². The Bertz CT molecular complexity index is 1050. The van der Waals surface area contributed by atoms with E-state index in [1.54, 1.807) is 23.7 Å². The molecule has 2 aromatic heterocycles. The van der Waals surface area contributed by atoms with Gasteiger partial charge in [-0.25, -0.2) is 14.5 Å². The van der Waals surface area contributed by atoms with Crippen LogP contribution in [-0.2, 0) is 23.2 Å². The van der Waals surface area contributed by atoms with Gasteiger partial charge in [-0.1, -0.05) is 18.6 Å². The molecule has 0 saturated heterocycles. The van der Waals surface area contributed by atoms with Crippen LogP contribution in [0.25, 0.3) is 11.4 Å². The largest absolute Gasteiger partial charge is 0.488 e. The molecule has 2 heterocycles. The average molecular weight is 486 g/mol. The van der Waals surface area contributed by atoms with Crippen LogP contribution in [-0.4, -0.2) is 61.7 Å². The summed E-state index contributed by atoms with van der Waals surface area (Å²) >= 11 is 0. The molecule has 0 aliphatic heterocycles.